The molecule has 0 radical (unpaired) electrons. The van der Waals surface area contributed by atoms with Crippen molar-refractivity contribution < 1.29 is 0 Å². The lowest BCUT2D eigenvalue weighted by Gasteiger charge is -2.07. The monoisotopic (exact) mass is 316 g/mol. The predicted molar refractivity (Wildman–Crippen MR) is 95.4 cm³/mol. The first kappa shape index (κ1) is 13.9. The number of hydrogen-bond donors (Lipinski definition) is 0. The van der Waals surface area contributed by atoms with Crippen LogP contribution >= 0.6 is 11.6 Å². The highest BCUT2D eigenvalue weighted by Crippen LogP contribution is 2.31. The van der Waals surface area contributed by atoms with Gasteiger partial charge >= 0.3 is 0 Å². The molecule has 2 nitrogen and oxygen atoms in total. The predicted octanol–water partition coefficient (Wildman–Crippen LogP) is 5.62. The molecular formula is C20H13ClN2. The summed E-state index contributed by atoms with van der Waals surface area (Å²) in [6.45, 7) is 0. The maximum atomic E-state index is 6.48. The molecule has 3 aromatic carbocycles. The third-order valence-corrected chi connectivity index (χ3v) is 4.11. The average molecular weight is 317 g/mol. The van der Waals surface area contributed by atoms with Crippen LogP contribution < -0.4 is 0 Å². The third-order valence-electron chi connectivity index (χ3n) is 3.80. The summed E-state index contributed by atoms with van der Waals surface area (Å²) in [5.74, 6) is 0.685. The first-order valence-electron chi connectivity index (χ1n) is 7.38. The van der Waals surface area contributed by atoms with E-state index in [1.807, 2.05) is 79.0 Å². The zero-order chi connectivity index (χ0) is 15.6. The van der Waals surface area contributed by atoms with E-state index in [9.17, 15) is 0 Å². The summed E-state index contributed by atoms with van der Waals surface area (Å²) in [6.07, 6.45) is 1.84. The van der Waals surface area contributed by atoms with Gasteiger partial charge in [0.15, 0.2) is 5.82 Å². The minimum absolute atomic E-state index is 0.685. The van der Waals surface area contributed by atoms with Crippen LogP contribution in [0, 0.1) is 0 Å². The van der Waals surface area contributed by atoms with Crippen LogP contribution in [-0.2, 0) is 0 Å². The van der Waals surface area contributed by atoms with Crippen LogP contribution in [0.15, 0.2) is 79.0 Å². The minimum Gasteiger partial charge on any atom is -0.236 e. The van der Waals surface area contributed by atoms with Gasteiger partial charge in [-0.2, -0.15) is 0 Å². The molecule has 4 rings (SSSR count). The molecule has 0 unspecified atom stereocenters. The maximum absolute atomic E-state index is 6.48. The van der Waals surface area contributed by atoms with E-state index in [1.54, 1.807) is 0 Å². The largest absolute Gasteiger partial charge is 0.236 e. The van der Waals surface area contributed by atoms with Gasteiger partial charge in [0.05, 0.1) is 5.52 Å². The van der Waals surface area contributed by atoms with Gasteiger partial charge in [0.2, 0.25) is 0 Å². The van der Waals surface area contributed by atoms with E-state index < -0.39 is 0 Å². The molecule has 110 valence electrons. The van der Waals surface area contributed by atoms with Crippen molar-refractivity contribution >= 4 is 22.5 Å². The standard InChI is InChI=1S/C20H13ClN2/c21-18-12-15(10-11-17(18)14-6-2-1-3-7-14)20-22-13-16-8-4-5-9-19(16)23-20/h1-13H. The van der Waals surface area contributed by atoms with Crippen molar-refractivity contribution in [3.63, 3.8) is 0 Å². The first-order chi connectivity index (χ1) is 11.3. The van der Waals surface area contributed by atoms with Gasteiger partial charge in [0.1, 0.15) is 0 Å². The van der Waals surface area contributed by atoms with Crippen LogP contribution in [0.5, 0.6) is 0 Å². The van der Waals surface area contributed by atoms with Crippen molar-refractivity contribution in [2.75, 3.05) is 0 Å². The Morgan fingerprint density at radius 1 is 0.739 bits per heavy atom. The second kappa shape index (κ2) is 5.82. The number of para-hydroxylation sites is 1. The van der Waals surface area contributed by atoms with Gasteiger partial charge in [-0.25, -0.2) is 9.97 Å². The molecule has 1 heterocycles. The van der Waals surface area contributed by atoms with Crippen LogP contribution in [0.25, 0.3) is 33.4 Å². The fourth-order valence-electron chi connectivity index (χ4n) is 2.62. The van der Waals surface area contributed by atoms with E-state index in [0.717, 1.165) is 27.6 Å². The van der Waals surface area contributed by atoms with E-state index >= 15 is 0 Å². The Morgan fingerprint density at radius 2 is 1.52 bits per heavy atom. The lowest BCUT2D eigenvalue weighted by atomic mass is 10.0. The SMILES string of the molecule is Clc1cc(-c2ncc3ccccc3n2)ccc1-c1ccccc1. The smallest absolute Gasteiger partial charge is 0.159 e. The molecule has 0 saturated carbocycles. The highest BCUT2D eigenvalue weighted by Gasteiger charge is 2.08. The first-order valence-corrected chi connectivity index (χ1v) is 7.76. The molecule has 23 heavy (non-hydrogen) atoms. The molecule has 0 saturated heterocycles. The Labute approximate surface area is 139 Å². The molecule has 0 bridgehead atoms. The zero-order valence-electron chi connectivity index (χ0n) is 12.3. The molecule has 0 spiro atoms. The molecular weight excluding hydrogens is 304 g/mol. The molecule has 1 aromatic heterocycles. The van der Waals surface area contributed by atoms with Gasteiger partial charge in [0.25, 0.3) is 0 Å². The van der Waals surface area contributed by atoms with Crippen molar-refractivity contribution in [3.05, 3.63) is 84.0 Å². The van der Waals surface area contributed by atoms with Gasteiger partial charge in [-0.3, -0.25) is 0 Å². The minimum atomic E-state index is 0.685. The van der Waals surface area contributed by atoms with Gasteiger partial charge in [0, 0.05) is 27.7 Å². The fourth-order valence-corrected chi connectivity index (χ4v) is 2.91. The molecule has 4 aromatic rings. The topological polar surface area (TPSA) is 25.8 Å². The molecule has 0 aliphatic heterocycles. The van der Waals surface area contributed by atoms with Gasteiger partial charge < -0.3 is 0 Å². The van der Waals surface area contributed by atoms with Crippen LogP contribution in [-0.4, -0.2) is 9.97 Å². The van der Waals surface area contributed by atoms with E-state index in [0.29, 0.717) is 10.8 Å². The molecule has 0 N–H and O–H groups in total. The Balaban J connectivity index is 1.78. The van der Waals surface area contributed by atoms with Crippen molar-refractivity contribution in [3.8, 4) is 22.5 Å². The number of aromatic nitrogens is 2. The summed E-state index contributed by atoms with van der Waals surface area (Å²) in [5.41, 5.74) is 3.96. The molecule has 0 atom stereocenters. The maximum Gasteiger partial charge on any atom is 0.159 e. The summed E-state index contributed by atoms with van der Waals surface area (Å²) < 4.78 is 0. The zero-order valence-corrected chi connectivity index (χ0v) is 13.0. The third kappa shape index (κ3) is 2.69. The number of rotatable bonds is 2. The molecule has 0 amide bonds. The van der Waals surface area contributed by atoms with E-state index in [2.05, 4.69) is 9.97 Å². The second-order valence-electron chi connectivity index (χ2n) is 5.31. The van der Waals surface area contributed by atoms with Crippen LogP contribution in [0.4, 0.5) is 0 Å². The lowest BCUT2D eigenvalue weighted by Crippen LogP contribution is -1.90. The van der Waals surface area contributed by atoms with Crippen molar-refractivity contribution in [2.24, 2.45) is 0 Å². The lowest BCUT2D eigenvalue weighted by molar-refractivity contribution is 1.23. The van der Waals surface area contributed by atoms with Crippen LogP contribution in [0.3, 0.4) is 0 Å². The van der Waals surface area contributed by atoms with Gasteiger partial charge in [-0.15, -0.1) is 0 Å². The Hall–Kier alpha value is -2.71. The summed E-state index contributed by atoms with van der Waals surface area (Å²) in [4.78, 5) is 9.07. The second-order valence-corrected chi connectivity index (χ2v) is 5.72. The fraction of sp³-hybridized carbons (Fsp3) is 0. The highest BCUT2D eigenvalue weighted by atomic mass is 35.5. The quantitative estimate of drug-likeness (QED) is 0.480. The molecule has 0 fully saturated rings. The molecule has 0 aliphatic rings. The van der Waals surface area contributed by atoms with Crippen molar-refractivity contribution in [2.45, 2.75) is 0 Å². The summed E-state index contributed by atoms with van der Waals surface area (Å²) >= 11 is 6.48. The van der Waals surface area contributed by atoms with Crippen LogP contribution in [0.1, 0.15) is 0 Å². The average Bonchev–Trinajstić information content (AvgIpc) is 2.62. The summed E-state index contributed by atoms with van der Waals surface area (Å²) in [6, 6.07) is 24.0. The Kier molecular flexibility index (Phi) is 3.52. The van der Waals surface area contributed by atoms with Crippen molar-refractivity contribution in [1.29, 1.82) is 0 Å². The van der Waals surface area contributed by atoms with Crippen LogP contribution in [0.2, 0.25) is 5.02 Å². The number of benzene rings is 3. The number of halogens is 1. The van der Waals surface area contributed by atoms with E-state index in [4.69, 9.17) is 11.6 Å². The Morgan fingerprint density at radius 3 is 2.35 bits per heavy atom. The molecule has 3 heteroatoms. The normalized spacial score (nSPS) is 10.8. The molecule has 0 aliphatic carbocycles. The van der Waals surface area contributed by atoms with Crippen molar-refractivity contribution in [1.82, 2.24) is 9.97 Å². The van der Waals surface area contributed by atoms with E-state index in [1.165, 1.54) is 0 Å². The summed E-state index contributed by atoms with van der Waals surface area (Å²) in [7, 11) is 0. The summed E-state index contributed by atoms with van der Waals surface area (Å²) in [5, 5.41) is 1.73. The Bertz CT molecular complexity index is 981. The number of fused-ring (bicyclic) bond motifs is 1. The highest BCUT2D eigenvalue weighted by molar-refractivity contribution is 6.33. The van der Waals surface area contributed by atoms with E-state index in [-0.39, 0.29) is 0 Å². The van der Waals surface area contributed by atoms with Gasteiger partial charge in [-0.1, -0.05) is 72.3 Å². The number of hydrogen-bond acceptors (Lipinski definition) is 2. The number of nitrogens with zero attached hydrogens (tertiary/aromatic N) is 2. The van der Waals surface area contributed by atoms with Gasteiger partial charge in [-0.05, 0) is 17.7 Å².